The lowest BCUT2D eigenvalue weighted by atomic mass is 10.2. The molecule has 2 N–H and O–H groups in total. The molecule has 0 aliphatic carbocycles. The van der Waals surface area contributed by atoms with Crippen molar-refractivity contribution >= 4 is 22.9 Å². The number of rotatable bonds is 2. The van der Waals surface area contributed by atoms with E-state index in [-0.39, 0.29) is 6.04 Å². The van der Waals surface area contributed by atoms with E-state index in [1.807, 2.05) is 36.6 Å². The van der Waals surface area contributed by atoms with Gasteiger partial charge in [-0.15, -0.1) is 11.3 Å². The Hall–Kier alpha value is -0.900. The van der Waals surface area contributed by atoms with Crippen molar-refractivity contribution in [3.05, 3.63) is 39.7 Å². The lowest BCUT2D eigenvalue weighted by Gasteiger charge is -1.98. The van der Waals surface area contributed by atoms with E-state index in [4.69, 9.17) is 17.3 Å². The zero-order valence-corrected chi connectivity index (χ0v) is 9.85. The second kappa shape index (κ2) is 4.31. The summed E-state index contributed by atoms with van der Waals surface area (Å²) in [5, 5.41) is 3.68. The van der Waals surface area contributed by atoms with Gasteiger partial charge in [0.05, 0.1) is 11.7 Å². The Morgan fingerprint density at radius 2 is 2.27 bits per heavy atom. The molecule has 15 heavy (non-hydrogen) atoms. The first-order chi connectivity index (χ1) is 7.16. The fourth-order valence-electron chi connectivity index (χ4n) is 1.28. The number of aromatic nitrogens is 1. The lowest BCUT2D eigenvalue weighted by molar-refractivity contribution is 0.808. The third kappa shape index (κ3) is 2.37. The Morgan fingerprint density at radius 3 is 2.87 bits per heavy atom. The summed E-state index contributed by atoms with van der Waals surface area (Å²) in [5.41, 5.74) is 7.73. The maximum absolute atomic E-state index is 5.92. The molecule has 0 radical (unpaired) electrons. The fraction of sp³-hybridized carbons (Fsp3) is 0.182. The second-order valence-corrected chi connectivity index (χ2v) is 4.70. The minimum absolute atomic E-state index is 0.0112. The molecular formula is C11H11ClN2S. The third-order valence-electron chi connectivity index (χ3n) is 2.03. The van der Waals surface area contributed by atoms with Crippen molar-refractivity contribution in [2.45, 2.75) is 13.0 Å². The molecule has 1 aromatic heterocycles. The zero-order valence-electron chi connectivity index (χ0n) is 8.27. The summed E-state index contributed by atoms with van der Waals surface area (Å²) in [6.45, 7) is 1.93. The van der Waals surface area contributed by atoms with Gasteiger partial charge in [0.25, 0.3) is 0 Å². The Balaban J connectivity index is 2.37. The summed E-state index contributed by atoms with van der Waals surface area (Å²) in [6, 6.07) is 7.66. The molecule has 0 spiro atoms. The number of hydrogen-bond acceptors (Lipinski definition) is 3. The van der Waals surface area contributed by atoms with E-state index in [0.29, 0.717) is 0 Å². The molecule has 2 aromatic rings. The van der Waals surface area contributed by atoms with Gasteiger partial charge in [0.15, 0.2) is 0 Å². The first kappa shape index (κ1) is 10.6. The maximum Gasteiger partial charge on any atom is 0.110 e. The van der Waals surface area contributed by atoms with Crippen molar-refractivity contribution in [2.24, 2.45) is 5.73 Å². The van der Waals surface area contributed by atoms with Crippen LogP contribution in [0.5, 0.6) is 0 Å². The van der Waals surface area contributed by atoms with Crippen LogP contribution in [0.1, 0.15) is 18.0 Å². The van der Waals surface area contributed by atoms with Crippen molar-refractivity contribution in [3.8, 4) is 11.3 Å². The van der Waals surface area contributed by atoms with Crippen LogP contribution in [0.15, 0.2) is 29.6 Å². The predicted octanol–water partition coefficient (Wildman–Crippen LogP) is 3.48. The Morgan fingerprint density at radius 1 is 1.47 bits per heavy atom. The van der Waals surface area contributed by atoms with E-state index in [0.717, 1.165) is 21.3 Å². The van der Waals surface area contributed by atoms with Gasteiger partial charge in [-0.3, -0.25) is 0 Å². The molecule has 0 fully saturated rings. The molecule has 4 heteroatoms. The minimum atomic E-state index is -0.0112. The second-order valence-electron chi connectivity index (χ2n) is 3.37. The summed E-state index contributed by atoms with van der Waals surface area (Å²) in [4.78, 5) is 4.46. The maximum atomic E-state index is 5.92. The van der Waals surface area contributed by atoms with E-state index >= 15 is 0 Å². The number of benzene rings is 1. The highest BCUT2D eigenvalue weighted by Crippen LogP contribution is 2.26. The summed E-state index contributed by atoms with van der Waals surface area (Å²) in [6.07, 6.45) is 0. The predicted molar refractivity (Wildman–Crippen MR) is 65.2 cm³/mol. The average molecular weight is 239 g/mol. The third-order valence-corrected chi connectivity index (χ3v) is 3.31. The van der Waals surface area contributed by atoms with Crippen molar-refractivity contribution in [1.82, 2.24) is 4.98 Å². The number of thiazole rings is 1. The van der Waals surface area contributed by atoms with Crippen molar-refractivity contribution < 1.29 is 0 Å². The van der Waals surface area contributed by atoms with Crippen LogP contribution < -0.4 is 5.73 Å². The van der Waals surface area contributed by atoms with E-state index in [1.165, 1.54) is 0 Å². The van der Waals surface area contributed by atoms with E-state index in [1.54, 1.807) is 11.3 Å². The van der Waals surface area contributed by atoms with Gasteiger partial charge in [0.1, 0.15) is 5.01 Å². The topological polar surface area (TPSA) is 38.9 Å². The van der Waals surface area contributed by atoms with Gasteiger partial charge < -0.3 is 5.73 Å². The van der Waals surface area contributed by atoms with Crippen LogP contribution in [0.25, 0.3) is 11.3 Å². The Bertz CT molecular complexity index is 465. The van der Waals surface area contributed by atoms with E-state index in [2.05, 4.69) is 4.98 Å². The Labute approximate surface area is 97.7 Å². The fourth-order valence-corrected chi connectivity index (χ4v) is 2.25. The van der Waals surface area contributed by atoms with Crippen LogP contribution in [0.3, 0.4) is 0 Å². The van der Waals surface area contributed by atoms with Gasteiger partial charge in [-0.2, -0.15) is 0 Å². The quantitative estimate of drug-likeness (QED) is 0.870. The van der Waals surface area contributed by atoms with Gasteiger partial charge in [-0.1, -0.05) is 23.7 Å². The molecule has 78 valence electrons. The van der Waals surface area contributed by atoms with Crippen molar-refractivity contribution in [2.75, 3.05) is 0 Å². The van der Waals surface area contributed by atoms with Crippen molar-refractivity contribution in [1.29, 1.82) is 0 Å². The van der Waals surface area contributed by atoms with Crippen LogP contribution in [-0.2, 0) is 0 Å². The summed E-state index contributed by atoms with van der Waals surface area (Å²) < 4.78 is 0. The van der Waals surface area contributed by atoms with E-state index < -0.39 is 0 Å². The average Bonchev–Trinajstić information content (AvgIpc) is 2.66. The smallest absolute Gasteiger partial charge is 0.110 e. The first-order valence-corrected chi connectivity index (χ1v) is 5.89. The van der Waals surface area contributed by atoms with Crippen LogP contribution in [-0.4, -0.2) is 4.98 Å². The molecule has 0 saturated heterocycles. The molecule has 0 unspecified atom stereocenters. The number of nitrogens with two attached hydrogens (primary N) is 1. The summed E-state index contributed by atoms with van der Waals surface area (Å²) in [5.74, 6) is 0. The molecule has 2 nitrogen and oxygen atoms in total. The van der Waals surface area contributed by atoms with E-state index in [9.17, 15) is 0 Å². The van der Waals surface area contributed by atoms with Gasteiger partial charge in [-0.05, 0) is 19.1 Å². The standard InChI is InChI=1S/C11H11ClN2S/c1-7(13)11-14-10(6-15-11)8-3-2-4-9(12)5-8/h2-7H,13H2,1H3/t7-/m0/s1. The summed E-state index contributed by atoms with van der Waals surface area (Å²) >= 11 is 7.49. The molecular weight excluding hydrogens is 228 g/mol. The van der Waals surface area contributed by atoms with Crippen LogP contribution in [0.2, 0.25) is 5.02 Å². The van der Waals surface area contributed by atoms with Gasteiger partial charge in [0, 0.05) is 16.0 Å². The largest absolute Gasteiger partial charge is 0.322 e. The monoisotopic (exact) mass is 238 g/mol. The van der Waals surface area contributed by atoms with Crippen LogP contribution in [0, 0.1) is 0 Å². The highest BCUT2D eigenvalue weighted by Gasteiger charge is 2.07. The number of halogens is 1. The zero-order chi connectivity index (χ0) is 10.8. The lowest BCUT2D eigenvalue weighted by Crippen LogP contribution is -2.03. The highest BCUT2D eigenvalue weighted by atomic mass is 35.5. The molecule has 1 aromatic carbocycles. The molecule has 0 amide bonds. The summed E-state index contributed by atoms with van der Waals surface area (Å²) in [7, 11) is 0. The number of nitrogens with zero attached hydrogens (tertiary/aromatic N) is 1. The number of hydrogen-bond donors (Lipinski definition) is 1. The molecule has 1 atom stereocenters. The highest BCUT2D eigenvalue weighted by molar-refractivity contribution is 7.10. The normalized spacial score (nSPS) is 12.7. The van der Waals surface area contributed by atoms with Crippen LogP contribution in [0.4, 0.5) is 0 Å². The minimum Gasteiger partial charge on any atom is -0.322 e. The van der Waals surface area contributed by atoms with Gasteiger partial charge >= 0.3 is 0 Å². The molecule has 2 rings (SSSR count). The molecule has 1 heterocycles. The van der Waals surface area contributed by atoms with Gasteiger partial charge in [0.2, 0.25) is 0 Å². The SMILES string of the molecule is C[C@H](N)c1nc(-c2cccc(Cl)c2)cs1. The molecule has 0 bridgehead atoms. The van der Waals surface area contributed by atoms with Gasteiger partial charge in [-0.25, -0.2) is 4.98 Å². The molecule has 0 saturated carbocycles. The Kier molecular flexibility index (Phi) is 3.05. The molecule has 0 aliphatic rings. The first-order valence-electron chi connectivity index (χ1n) is 4.64. The van der Waals surface area contributed by atoms with Crippen molar-refractivity contribution in [3.63, 3.8) is 0 Å². The van der Waals surface area contributed by atoms with Crippen LogP contribution >= 0.6 is 22.9 Å². The molecule has 0 aliphatic heterocycles.